The molecular weight excluding hydrogens is 367 g/mol. The summed E-state index contributed by atoms with van der Waals surface area (Å²) >= 11 is 12.3. The fraction of sp³-hybridized carbons (Fsp3) is 0.450. The molecule has 1 atom stereocenters. The molecule has 0 N–H and O–H groups in total. The molecule has 0 bridgehead atoms. The van der Waals surface area contributed by atoms with Crippen molar-refractivity contribution in [1.82, 2.24) is 14.8 Å². The van der Waals surface area contributed by atoms with Crippen molar-refractivity contribution in [3.05, 3.63) is 58.2 Å². The third-order valence-corrected chi connectivity index (χ3v) is 5.90. The van der Waals surface area contributed by atoms with Gasteiger partial charge in [0.05, 0.1) is 10.0 Å². The quantitative estimate of drug-likeness (QED) is 0.791. The first kappa shape index (κ1) is 18.1. The van der Waals surface area contributed by atoms with E-state index < -0.39 is 0 Å². The first-order valence-electron chi connectivity index (χ1n) is 9.25. The third-order valence-electron chi connectivity index (χ3n) is 5.42. The average molecular weight is 391 g/mol. The summed E-state index contributed by atoms with van der Waals surface area (Å²) in [7, 11) is 0. The van der Waals surface area contributed by atoms with Crippen molar-refractivity contribution < 1.29 is 0 Å². The average Bonchev–Trinajstić information content (AvgIpc) is 3.11. The number of nitrogens with zero attached hydrogens (tertiary/aromatic N) is 4. The standard InChI is InChI=1S/C20H24Cl2N4/c21-17-12-19(22)20(23-13-17)26-10-8-25(9-11-26)18-6-7-24(15-18)14-16-4-2-1-3-5-16/h1-5,12-13,18H,6-11,14-15H2. The van der Waals surface area contributed by atoms with Crippen LogP contribution in [0.4, 0.5) is 5.82 Å². The molecule has 138 valence electrons. The lowest BCUT2D eigenvalue weighted by Gasteiger charge is -2.38. The monoisotopic (exact) mass is 390 g/mol. The largest absolute Gasteiger partial charge is 0.353 e. The molecular formula is C20H24Cl2N4. The number of hydrogen-bond acceptors (Lipinski definition) is 4. The molecule has 0 saturated carbocycles. The van der Waals surface area contributed by atoms with E-state index in [9.17, 15) is 0 Å². The van der Waals surface area contributed by atoms with Gasteiger partial charge in [-0.05, 0) is 18.1 Å². The van der Waals surface area contributed by atoms with E-state index in [-0.39, 0.29) is 0 Å². The maximum absolute atomic E-state index is 6.31. The number of hydrogen-bond donors (Lipinski definition) is 0. The van der Waals surface area contributed by atoms with E-state index in [1.165, 1.54) is 18.5 Å². The van der Waals surface area contributed by atoms with Gasteiger partial charge in [0.2, 0.25) is 0 Å². The van der Waals surface area contributed by atoms with Gasteiger partial charge in [-0.3, -0.25) is 9.80 Å². The highest BCUT2D eigenvalue weighted by atomic mass is 35.5. The lowest BCUT2D eigenvalue weighted by molar-refractivity contribution is 0.181. The van der Waals surface area contributed by atoms with Crippen molar-refractivity contribution in [2.24, 2.45) is 0 Å². The van der Waals surface area contributed by atoms with Crippen molar-refractivity contribution in [3.8, 4) is 0 Å². The number of benzene rings is 1. The maximum Gasteiger partial charge on any atom is 0.147 e. The Balaban J connectivity index is 1.30. The summed E-state index contributed by atoms with van der Waals surface area (Å²) in [5.41, 5.74) is 1.40. The number of piperazine rings is 1. The summed E-state index contributed by atoms with van der Waals surface area (Å²) in [4.78, 5) is 11.9. The van der Waals surface area contributed by atoms with E-state index in [0.29, 0.717) is 16.1 Å². The second-order valence-electron chi connectivity index (χ2n) is 7.15. The number of pyridine rings is 1. The Hall–Kier alpha value is -1.33. The summed E-state index contributed by atoms with van der Waals surface area (Å²) in [6, 6.07) is 13.2. The molecule has 2 fully saturated rings. The summed E-state index contributed by atoms with van der Waals surface area (Å²) in [6.45, 7) is 7.45. The Morgan fingerprint density at radius 2 is 1.77 bits per heavy atom. The van der Waals surface area contributed by atoms with Crippen LogP contribution >= 0.6 is 23.2 Å². The predicted molar refractivity (Wildman–Crippen MR) is 108 cm³/mol. The molecule has 1 aromatic heterocycles. The number of anilines is 1. The van der Waals surface area contributed by atoms with Crippen LogP contribution in [0.2, 0.25) is 10.0 Å². The minimum atomic E-state index is 0.585. The summed E-state index contributed by atoms with van der Waals surface area (Å²) in [6.07, 6.45) is 2.93. The zero-order chi connectivity index (χ0) is 17.9. The molecule has 0 amide bonds. The van der Waals surface area contributed by atoms with Crippen molar-refractivity contribution in [3.63, 3.8) is 0 Å². The van der Waals surface area contributed by atoms with Crippen LogP contribution in [-0.2, 0) is 6.54 Å². The molecule has 6 heteroatoms. The fourth-order valence-electron chi connectivity index (χ4n) is 4.03. The van der Waals surface area contributed by atoms with Gasteiger partial charge >= 0.3 is 0 Å². The molecule has 2 aromatic rings. The number of rotatable bonds is 4. The van der Waals surface area contributed by atoms with Gasteiger partial charge in [0, 0.05) is 58.1 Å². The van der Waals surface area contributed by atoms with Crippen molar-refractivity contribution in [2.45, 2.75) is 19.0 Å². The lowest BCUT2D eigenvalue weighted by Crippen LogP contribution is -2.51. The fourth-order valence-corrected chi connectivity index (χ4v) is 4.53. The molecule has 2 saturated heterocycles. The zero-order valence-corrected chi connectivity index (χ0v) is 16.3. The second kappa shape index (κ2) is 8.13. The number of halogens is 2. The molecule has 2 aliphatic heterocycles. The minimum Gasteiger partial charge on any atom is -0.353 e. The van der Waals surface area contributed by atoms with Gasteiger partial charge in [-0.2, -0.15) is 0 Å². The van der Waals surface area contributed by atoms with Gasteiger partial charge in [0.15, 0.2) is 0 Å². The van der Waals surface area contributed by atoms with Gasteiger partial charge in [0.25, 0.3) is 0 Å². The van der Waals surface area contributed by atoms with Crippen LogP contribution in [0.15, 0.2) is 42.6 Å². The lowest BCUT2D eigenvalue weighted by atomic mass is 10.2. The highest BCUT2D eigenvalue weighted by molar-refractivity contribution is 6.36. The van der Waals surface area contributed by atoms with E-state index in [2.05, 4.69) is 50.0 Å². The third kappa shape index (κ3) is 4.15. The molecule has 0 spiro atoms. The normalized spacial score (nSPS) is 22.1. The minimum absolute atomic E-state index is 0.585. The first-order valence-corrected chi connectivity index (χ1v) is 10.0. The molecule has 1 unspecified atom stereocenters. The molecule has 1 aromatic carbocycles. The Morgan fingerprint density at radius 1 is 1.00 bits per heavy atom. The molecule has 3 heterocycles. The molecule has 0 radical (unpaired) electrons. The SMILES string of the molecule is Clc1cnc(N2CCN(C3CCN(Cc4ccccc4)C3)CC2)c(Cl)c1. The second-order valence-corrected chi connectivity index (χ2v) is 7.99. The highest BCUT2D eigenvalue weighted by Crippen LogP contribution is 2.27. The molecule has 4 rings (SSSR count). The smallest absolute Gasteiger partial charge is 0.147 e. The summed E-state index contributed by atoms with van der Waals surface area (Å²) in [5.74, 6) is 0.854. The predicted octanol–water partition coefficient (Wildman–Crippen LogP) is 3.78. The van der Waals surface area contributed by atoms with Crippen LogP contribution in [0.3, 0.4) is 0 Å². The Labute approximate surface area is 165 Å². The molecule has 0 aliphatic carbocycles. The van der Waals surface area contributed by atoms with E-state index >= 15 is 0 Å². The van der Waals surface area contributed by atoms with Crippen LogP contribution in [0.5, 0.6) is 0 Å². The van der Waals surface area contributed by atoms with E-state index in [1.807, 2.05) is 0 Å². The van der Waals surface area contributed by atoms with Gasteiger partial charge in [-0.1, -0.05) is 53.5 Å². The van der Waals surface area contributed by atoms with Crippen LogP contribution in [0, 0.1) is 0 Å². The van der Waals surface area contributed by atoms with Gasteiger partial charge in [0.1, 0.15) is 5.82 Å². The van der Waals surface area contributed by atoms with Gasteiger partial charge < -0.3 is 4.90 Å². The van der Waals surface area contributed by atoms with Gasteiger partial charge in [-0.15, -0.1) is 0 Å². The summed E-state index contributed by atoms with van der Waals surface area (Å²) in [5, 5.41) is 1.22. The molecule has 4 nitrogen and oxygen atoms in total. The van der Waals surface area contributed by atoms with E-state index in [4.69, 9.17) is 23.2 Å². The number of aromatic nitrogens is 1. The van der Waals surface area contributed by atoms with Crippen LogP contribution in [0.1, 0.15) is 12.0 Å². The first-order chi connectivity index (χ1) is 12.7. The summed E-state index contributed by atoms with van der Waals surface area (Å²) < 4.78 is 0. The van der Waals surface area contributed by atoms with E-state index in [1.54, 1.807) is 12.3 Å². The van der Waals surface area contributed by atoms with Crippen molar-refractivity contribution >= 4 is 29.0 Å². The highest BCUT2D eigenvalue weighted by Gasteiger charge is 2.30. The van der Waals surface area contributed by atoms with Gasteiger partial charge in [-0.25, -0.2) is 4.98 Å². The van der Waals surface area contributed by atoms with Crippen LogP contribution < -0.4 is 4.90 Å². The molecule has 2 aliphatic rings. The van der Waals surface area contributed by atoms with E-state index in [0.717, 1.165) is 45.1 Å². The maximum atomic E-state index is 6.31. The van der Waals surface area contributed by atoms with Crippen molar-refractivity contribution in [2.75, 3.05) is 44.2 Å². The Kier molecular flexibility index (Phi) is 5.65. The van der Waals surface area contributed by atoms with Crippen LogP contribution in [0.25, 0.3) is 0 Å². The molecule has 26 heavy (non-hydrogen) atoms. The number of likely N-dealkylation sites (tertiary alicyclic amines) is 1. The topological polar surface area (TPSA) is 22.6 Å². The van der Waals surface area contributed by atoms with Crippen LogP contribution in [-0.4, -0.2) is 60.1 Å². The zero-order valence-electron chi connectivity index (χ0n) is 14.8. The van der Waals surface area contributed by atoms with Crippen molar-refractivity contribution in [1.29, 1.82) is 0 Å². The Morgan fingerprint density at radius 3 is 2.50 bits per heavy atom. The Bertz CT molecular complexity index is 732.